The molecule has 0 aliphatic carbocycles. The Labute approximate surface area is 123 Å². The molecule has 0 radical (unpaired) electrons. The van der Waals surface area contributed by atoms with Crippen molar-refractivity contribution < 1.29 is 20.1 Å². The smallest absolute Gasteiger partial charge is 0.280 e. The van der Waals surface area contributed by atoms with E-state index in [1.165, 1.54) is 4.57 Å². The van der Waals surface area contributed by atoms with Gasteiger partial charge in [0.2, 0.25) is 11.9 Å². The van der Waals surface area contributed by atoms with Gasteiger partial charge in [0.15, 0.2) is 17.4 Å². The van der Waals surface area contributed by atoms with Crippen LogP contribution < -0.4 is 16.6 Å². The van der Waals surface area contributed by atoms with Crippen LogP contribution in [0.2, 0.25) is 0 Å². The second kappa shape index (κ2) is 5.21. The molecule has 0 bridgehead atoms. The van der Waals surface area contributed by atoms with Gasteiger partial charge in [-0.2, -0.15) is 4.98 Å². The van der Waals surface area contributed by atoms with Gasteiger partial charge in [-0.05, 0) is 0 Å². The topological polar surface area (TPSA) is 172 Å². The predicted molar refractivity (Wildman–Crippen MR) is 75.1 cm³/mol. The van der Waals surface area contributed by atoms with Gasteiger partial charge in [-0.3, -0.25) is 14.3 Å². The Kier molecular flexibility index (Phi) is 3.48. The largest absolute Gasteiger partial charge is 0.394 e. The number of nitrogens with two attached hydrogens (primary N) is 1. The van der Waals surface area contributed by atoms with Gasteiger partial charge in [-0.25, -0.2) is 4.98 Å². The highest BCUT2D eigenvalue weighted by molar-refractivity contribution is 5.74. The molecule has 11 heteroatoms. The highest BCUT2D eigenvalue weighted by Gasteiger charge is 2.45. The van der Waals surface area contributed by atoms with Gasteiger partial charge in [0, 0.05) is 7.05 Å². The van der Waals surface area contributed by atoms with Gasteiger partial charge in [0.05, 0.1) is 6.61 Å². The molecule has 0 aromatic carbocycles. The van der Waals surface area contributed by atoms with Crippen LogP contribution in [0.15, 0.2) is 4.79 Å². The normalized spacial score (nSPS) is 28.4. The number of nitrogens with zero attached hydrogens (tertiary/aromatic N) is 3. The number of fused-ring (bicyclic) bond motifs is 1. The third kappa shape index (κ3) is 2.02. The van der Waals surface area contributed by atoms with Crippen LogP contribution in [-0.2, 0) is 4.74 Å². The maximum atomic E-state index is 11.9. The quantitative estimate of drug-likeness (QED) is 0.354. The minimum Gasteiger partial charge on any atom is -0.394 e. The number of aliphatic hydroxyl groups excluding tert-OH is 3. The van der Waals surface area contributed by atoms with E-state index in [1.807, 2.05) is 0 Å². The number of H-pyrrole nitrogens is 1. The Bertz CT molecular complexity index is 757. The highest BCUT2D eigenvalue weighted by Crippen LogP contribution is 2.33. The van der Waals surface area contributed by atoms with Gasteiger partial charge in [-0.1, -0.05) is 0 Å². The van der Waals surface area contributed by atoms with Crippen LogP contribution in [0.25, 0.3) is 11.2 Å². The molecule has 11 nitrogen and oxygen atoms in total. The number of nitrogens with one attached hydrogen (secondary N) is 2. The van der Waals surface area contributed by atoms with Crippen molar-refractivity contribution in [1.82, 2.24) is 19.5 Å². The molecule has 2 aromatic heterocycles. The fraction of sp³-hybridized carbons (Fsp3) is 0.545. The molecule has 0 saturated carbocycles. The molecule has 2 aromatic rings. The second-order valence-electron chi connectivity index (χ2n) is 4.91. The van der Waals surface area contributed by atoms with E-state index in [4.69, 9.17) is 10.5 Å². The molecule has 1 aliphatic heterocycles. The molecule has 4 atom stereocenters. The number of aliphatic hydroxyl groups is 3. The van der Waals surface area contributed by atoms with Crippen molar-refractivity contribution in [3.8, 4) is 0 Å². The van der Waals surface area contributed by atoms with Crippen molar-refractivity contribution in [2.24, 2.45) is 0 Å². The zero-order valence-electron chi connectivity index (χ0n) is 11.6. The lowest BCUT2D eigenvalue weighted by Crippen LogP contribution is -2.33. The molecule has 0 amide bonds. The first kappa shape index (κ1) is 14.7. The second-order valence-corrected chi connectivity index (χ2v) is 4.91. The Balaban J connectivity index is 2.20. The van der Waals surface area contributed by atoms with E-state index in [1.54, 1.807) is 7.05 Å². The minimum atomic E-state index is -1.33. The zero-order chi connectivity index (χ0) is 16.0. The molecule has 1 saturated heterocycles. The SMILES string of the molecule is CNc1nc2c(=O)[nH]c(N)nc2n1[C@@H]1O[C@H](CO)[C@H](O)C1O. The van der Waals surface area contributed by atoms with Gasteiger partial charge in [0.1, 0.15) is 18.3 Å². The van der Waals surface area contributed by atoms with Crippen LogP contribution in [-0.4, -0.2) is 66.8 Å². The zero-order valence-corrected chi connectivity index (χ0v) is 11.6. The lowest BCUT2D eigenvalue weighted by Gasteiger charge is -2.18. The summed E-state index contributed by atoms with van der Waals surface area (Å²) in [5.41, 5.74) is 5.11. The summed E-state index contributed by atoms with van der Waals surface area (Å²) in [5.74, 6) is 0.0847. The van der Waals surface area contributed by atoms with Crippen molar-refractivity contribution in [1.29, 1.82) is 0 Å². The summed E-state index contributed by atoms with van der Waals surface area (Å²) in [5, 5.41) is 31.9. The third-order valence-electron chi connectivity index (χ3n) is 3.56. The molecule has 1 unspecified atom stereocenters. The molecular formula is C11H16N6O5. The predicted octanol–water partition coefficient (Wildman–Crippen LogP) is -2.64. The Hall–Kier alpha value is -2.21. The Morgan fingerprint density at radius 2 is 2.14 bits per heavy atom. The fourth-order valence-corrected chi connectivity index (χ4v) is 2.51. The number of hydrogen-bond acceptors (Lipinski definition) is 9. The highest BCUT2D eigenvalue weighted by atomic mass is 16.6. The first-order valence-corrected chi connectivity index (χ1v) is 6.55. The number of aromatic nitrogens is 4. The minimum absolute atomic E-state index is 0.0105. The summed E-state index contributed by atoms with van der Waals surface area (Å²) >= 11 is 0. The van der Waals surface area contributed by atoms with Crippen LogP contribution in [0.1, 0.15) is 6.23 Å². The molecule has 3 rings (SSSR count). The van der Waals surface area contributed by atoms with Crippen LogP contribution in [0.4, 0.5) is 11.9 Å². The van der Waals surface area contributed by atoms with E-state index in [0.717, 1.165) is 0 Å². The number of imidazole rings is 1. The van der Waals surface area contributed by atoms with Crippen molar-refractivity contribution in [3.05, 3.63) is 10.4 Å². The summed E-state index contributed by atoms with van der Waals surface area (Å²) in [6.45, 7) is -0.466. The number of rotatable bonds is 3. The van der Waals surface area contributed by atoms with Gasteiger partial charge in [-0.15, -0.1) is 0 Å². The Morgan fingerprint density at radius 1 is 1.41 bits per heavy atom. The first-order valence-electron chi connectivity index (χ1n) is 6.55. The molecule has 0 spiro atoms. The van der Waals surface area contributed by atoms with E-state index < -0.39 is 36.7 Å². The molecule has 3 heterocycles. The Morgan fingerprint density at radius 3 is 2.73 bits per heavy atom. The summed E-state index contributed by atoms with van der Waals surface area (Å²) in [6.07, 6.45) is -4.64. The lowest BCUT2D eigenvalue weighted by molar-refractivity contribution is -0.0501. The van der Waals surface area contributed by atoms with Crippen LogP contribution in [0.3, 0.4) is 0 Å². The maximum absolute atomic E-state index is 11.9. The van der Waals surface area contributed by atoms with E-state index in [0.29, 0.717) is 0 Å². The van der Waals surface area contributed by atoms with E-state index in [9.17, 15) is 20.1 Å². The monoisotopic (exact) mass is 312 g/mol. The average molecular weight is 312 g/mol. The van der Waals surface area contributed by atoms with E-state index in [2.05, 4.69) is 20.3 Å². The number of nitrogen functional groups attached to an aromatic ring is 1. The molecule has 22 heavy (non-hydrogen) atoms. The average Bonchev–Trinajstić information content (AvgIpc) is 2.98. The van der Waals surface area contributed by atoms with Crippen molar-refractivity contribution in [3.63, 3.8) is 0 Å². The fourth-order valence-electron chi connectivity index (χ4n) is 2.51. The standard InChI is InChI=1S/C11H16N6O5/c1-13-11-14-4-7(15-10(12)16-8(4)21)17(11)9-6(20)5(19)3(2-18)22-9/h3,5-6,9,18-20H,2H2,1H3,(H,13,14)(H3,12,15,16,21)/t3-,5+,6?,9-/m1/s1. The van der Waals surface area contributed by atoms with Crippen LogP contribution in [0, 0.1) is 0 Å². The summed E-state index contributed by atoms with van der Waals surface area (Å²) in [7, 11) is 1.57. The summed E-state index contributed by atoms with van der Waals surface area (Å²) in [4.78, 5) is 22.3. The number of ether oxygens (including phenoxy) is 1. The summed E-state index contributed by atoms with van der Waals surface area (Å²) < 4.78 is 6.77. The first-order chi connectivity index (χ1) is 10.5. The van der Waals surface area contributed by atoms with Gasteiger partial charge in [0.25, 0.3) is 5.56 Å². The lowest BCUT2D eigenvalue weighted by atomic mass is 10.1. The van der Waals surface area contributed by atoms with Gasteiger partial charge < -0.3 is 31.1 Å². The van der Waals surface area contributed by atoms with Crippen LogP contribution in [0.5, 0.6) is 0 Å². The summed E-state index contributed by atoms with van der Waals surface area (Å²) in [6, 6.07) is 0. The van der Waals surface area contributed by atoms with Crippen molar-refractivity contribution in [2.45, 2.75) is 24.5 Å². The van der Waals surface area contributed by atoms with E-state index >= 15 is 0 Å². The molecule has 120 valence electrons. The van der Waals surface area contributed by atoms with Crippen LogP contribution >= 0.6 is 0 Å². The third-order valence-corrected chi connectivity index (χ3v) is 3.56. The van der Waals surface area contributed by atoms with Crippen molar-refractivity contribution >= 4 is 23.1 Å². The molecule has 7 N–H and O–H groups in total. The molecule has 1 aliphatic rings. The molecule has 1 fully saturated rings. The molecular weight excluding hydrogens is 296 g/mol. The van der Waals surface area contributed by atoms with Crippen molar-refractivity contribution in [2.75, 3.05) is 24.7 Å². The van der Waals surface area contributed by atoms with Gasteiger partial charge >= 0.3 is 0 Å². The number of aromatic amines is 1. The number of anilines is 2. The van der Waals surface area contributed by atoms with E-state index in [-0.39, 0.29) is 23.1 Å². The number of hydrogen-bond donors (Lipinski definition) is 6. The maximum Gasteiger partial charge on any atom is 0.280 e.